The molecule has 0 bridgehead atoms. The zero-order valence-corrected chi connectivity index (χ0v) is 21.2. The summed E-state index contributed by atoms with van der Waals surface area (Å²) < 4.78 is 0.874. The van der Waals surface area contributed by atoms with Crippen LogP contribution in [0.1, 0.15) is 58.4 Å². The smallest absolute Gasteiger partial charge is 0.253 e. The Morgan fingerprint density at radius 2 is 1.56 bits per heavy atom. The van der Waals surface area contributed by atoms with Gasteiger partial charge in [-0.2, -0.15) is 0 Å². The number of hydrogen-bond donors (Lipinski definition) is 1. The number of aryl methyl sites for hydroxylation is 1. The van der Waals surface area contributed by atoms with E-state index in [1.54, 1.807) is 12.1 Å². The fraction of sp³-hybridized carbons (Fsp3) is 0.444. The van der Waals surface area contributed by atoms with Crippen LogP contribution < -0.4 is 5.32 Å². The lowest BCUT2D eigenvalue weighted by Gasteiger charge is -2.38. The molecule has 0 radical (unpaired) electrons. The summed E-state index contributed by atoms with van der Waals surface area (Å²) in [5, 5.41) is 3.06. The highest BCUT2D eigenvalue weighted by molar-refractivity contribution is 9.10. The minimum Gasteiger partial charge on any atom is -0.341 e. The SMILES string of the molecule is Cc1ccc(C(=O)NC(C(=O)N2CCCCC2)C2CCN(C(=O)c3cccc(Br)c3)CC2)cc1. The molecule has 0 aromatic heterocycles. The minimum absolute atomic E-state index is 0.00217. The van der Waals surface area contributed by atoms with Gasteiger partial charge in [-0.15, -0.1) is 0 Å². The summed E-state index contributed by atoms with van der Waals surface area (Å²) in [5.74, 6) is -0.210. The molecule has 0 aliphatic carbocycles. The van der Waals surface area contributed by atoms with Crippen LogP contribution >= 0.6 is 15.9 Å². The predicted molar refractivity (Wildman–Crippen MR) is 136 cm³/mol. The van der Waals surface area contributed by atoms with Gasteiger partial charge in [0.15, 0.2) is 0 Å². The Hall–Kier alpha value is -2.67. The van der Waals surface area contributed by atoms with E-state index < -0.39 is 6.04 Å². The first-order chi connectivity index (χ1) is 16.4. The van der Waals surface area contributed by atoms with Crippen molar-refractivity contribution in [1.82, 2.24) is 15.1 Å². The number of halogens is 1. The van der Waals surface area contributed by atoms with Crippen molar-refractivity contribution >= 4 is 33.7 Å². The van der Waals surface area contributed by atoms with Crippen molar-refractivity contribution in [3.8, 4) is 0 Å². The molecule has 1 atom stereocenters. The fourth-order valence-electron chi connectivity index (χ4n) is 4.86. The zero-order chi connectivity index (χ0) is 24.1. The van der Waals surface area contributed by atoms with Crippen LogP contribution in [0.2, 0.25) is 0 Å². The number of amides is 3. The van der Waals surface area contributed by atoms with Crippen molar-refractivity contribution in [2.45, 2.75) is 45.1 Å². The van der Waals surface area contributed by atoms with E-state index in [9.17, 15) is 14.4 Å². The Labute approximate surface area is 209 Å². The number of carbonyl (C=O) groups is 3. The lowest BCUT2D eigenvalue weighted by atomic mass is 9.87. The maximum atomic E-state index is 13.5. The average molecular weight is 526 g/mol. The second-order valence-electron chi connectivity index (χ2n) is 9.34. The first-order valence-electron chi connectivity index (χ1n) is 12.1. The molecule has 2 aliphatic rings. The Balaban J connectivity index is 1.46. The fourth-order valence-corrected chi connectivity index (χ4v) is 5.26. The lowest BCUT2D eigenvalue weighted by molar-refractivity contribution is -0.136. The van der Waals surface area contributed by atoms with Crippen molar-refractivity contribution < 1.29 is 14.4 Å². The quantitative estimate of drug-likeness (QED) is 0.627. The van der Waals surface area contributed by atoms with Gasteiger partial charge in [-0.05, 0) is 75.3 Å². The number of benzene rings is 2. The van der Waals surface area contributed by atoms with E-state index in [1.807, 2.05) is 53.1 Å². The molecule has 6 nitrogen and oxygen atoms in total. The van der Waals surface area contributed by atoms with Gasteiger partial charge in [0, 0.05) is 41.8 Å². The molecule has 0 saturated carbocycles. The molecular weight excluding hydrogens is 494 g/mol. The van der Waals surface area contributed by atoms with Gasteiger partial charge in [0.2, 0.25) is 5.91 Å². The Bertz CT molecular complexity index is 1030. The summed E-state index contributed by atoms with van der Waals surface area (Å²) in [4.78, 5) is 43.3. The zero-order valence-electron chi connectivity index (χ0n) is 19.6. The molecule has 4 rings (SSSR count). The van der Waals surface area contributed by atoms with E-state index in [0.29, 0.717) is 37.1 Å². The van der Waals surface area contributed by atoms with E-state index in [1.165, 1.54) is 0 Å². The first kappa shape index (κ1) is 24.5. The van der Waals surface area contributed by atoms with E-state index in [4.69, 9.17) is 0 Å². The van der Waals surface area contributed by atoms with Crippen LogP contribution in [-0.4, -0.2) is 59.7 Å². The summed E-state index contributed by atoms with van der Waals surface area (Å²) in [6.45, 7) is 4.61. The largest absolute Gasteiger partial charge is 0.341 e. The maximum Gasteiger partial charge on any atom is 0.253 e. The maximum absolute atomic E-state index is 13.5. The van der Waals surface area contributed by atoms with Gasteiger partial charge in [-0.25, -0.2) is 0 Å². The number of piperidine rings is 2. The molecule has 2 aromatic carbocycles. The molecule has 2 aliphatic heterocycles. The van der Waals surface area contributed by atoms with Crippen LogP contribution in [0.4, 0.5) is 0 Å². The van der Waals surface area contributed by atoms with Crippen molar-refractivity contribution in [3.05, 3.63) is 69.7 Å². The molecule has 1 N–H and O–H groups in total. The summed E-state index contributed by atoms with van der Waals surface area (Å²) >= 11 is 3.43. The summed E-state index contributed by atoms with van der Waals surface area (Å²) in [7, 11) is 0. The molecular formula is C27H32BrN3O3. The van der Waals surface area contributed by atoms with Crippen LogP contribution in [0.3, 0.4) is 0 Å². The molecule has 180 valence electrons. The highest BCUT2D eigenvalue weighted by atomic mass is 79.9. The summed E-state index contributed by atoms with van der Waals surface area (Å²) in [6.07, 6.45) is 4.50. The summed E-state index contributed by atoms with van der Waals surface area (Å²) in [6, 6.07) is 14.2. The Morgan fingerprint density at radius 3 is 2.21 bits per heavy atom. The van der Waals surface area contributed by atoms with Crippen molar-refractivity contribution in [3.63, 3.8) is 0 Å². The van der Waals surface area contributed by atoms with Gasteiger partial charge in [0.25, 0.3) is 11.8 Å². The van der Waals surface area contributed by atoms with Crippen molar-refractivity contribution in [2.24, 2.45) is 5.92 Å². The number of rotatable bonds is 5. The van der Waals surface area contributed by atoms with Crippen molar-refractivity contribution in [1.29, 1.82) is 0 Å². The van der Waals surface area contributed by atoms with Crippen LogP contribution in [0.15, 0.2) is 53.0 Å². The van der Waals surface area contributed by atoms with E-state index in [-0.39, 0.29) is 23.6 Å². The highest BCUT2D eigenvalue weighted by Gasteiger charge is 2.36. The van der Waals surface area contributed by atoms with Crippen LogP contribution in [-0.2, 0) is 4.79 Å². The van der Waals surface area contributed by atoms with E-state index in [0.717, 1.165) is 42.4 Å². The molecule has 34 heavy (non-hydrogen) atoms. The molecule has 1 unspecified atom stereocenters. The molecule has 0 spiro atoms. The second kappa shape index (κ2) is 11.2. The summed E-state index contributed by atoms with van der Waals surface area (Å²) in [5.41, 5.74) is 2.30. The third-order valence-corrected chi connectivity index (χ3v) is 7.40. The van der Waals surface area contributed by atoms with E-state index in [2.05, 4.69) is 21.2 Å². The predicted octanol–water partition coefficient (Wildman–Crippen LogP) is 4.42. The molecule has 2 saturated heterocycles. The second-order valence-corrected chi connectivity index (χ2v) is 10.3. The number of nitrogens with one attached hydrogen (secondary N) is 1. The third kappa shape index (κ3) is 5.87. The molecule has 2 fully saturated rings. The van der Waals surface area contributed by atoms with Gasteiger partial charge in [-0.3, -0.25) is 14.4 Å². The van der Waals surface area contributed by atoms with Gasteiger partial charge in [0.05, 0.1) is 0 Å². The van der Waals surface area contributed by atoms with Gasteiger partial charge >= 0.3 is 0 Å². The van der Waals surface area contributed by atoms with Crippen LogP contribution in [0.5, 0.6) is 0 Å². The van der Waals surface area contributed by atoms with E-state index >= 15 is 0 Å². The Morgan fingerprint density at radius 1 is 0.882 bits per heavy atom. The standard InChI is InChI=1S/C27H32BrN3O3/c1-19-8-10-21(11-9-19)25(32)29-24(27(34)30-14-3-2-4-15-30)20-12-16-31(17-13-20)26(33)22-6-5-7-23(28)18-22/h5-11,18,20,24H,2-4,12-17H2,1H3,(H,29,32). The molecule has 2 aromatic rings. The molecule has 7 heteroatoms. The first-order valence-corrected chi connectivity index (χ1v) is 12.9. The molecule has 2 heterocycles. The molecule has 3 amide bonds. The minimum atomic E-state index is -0.574. The average Bonchev–Trinajstić information content (AvgIpc) is 2.87. The van der Waals surface area contributed by atoms with Gasteiger partial charge < -0.3 is 15.1 Å². The van der Waals surface area contributed by atoms with Crippen LogP contribution in [0.25, 0.3) is 0 Å². The van der Waals surface area contributed by atoms with Gasteiger partial charge in [-0.1, -0.05) is 39.7 Å². The van der Waals surface area contributed by atoms with Crippen molar-refractivity contribution in [2.75, 3.05) is 26.2 Å². The number of nitrogens with zero attached hydrogens (tertiary/aromatic N) is 2. The number of carbonyl (C=O) groups excluding carboxylic acids is 3. The monoisotopic (exact) mass is 525 g/mol. The number of likely N-dealkylation sites (tertiary alicyclic amines) is 2. The topological polar surface area (TPSA) is 69.7 Å². The van der Waals surface area contributed by atoms with Crippen LogP contribution in [0, 0.1) is 12.8 Å². The Kier molecular flexibility index (Phi) is 8.03. The van der Waals surface area contributed by atoms with Gasteiger partial charge in [0.1, 0.15) is 6.04 Å². The highest BCUT2D eigenvalue weighted by Crippen LogP contribution is 2.25. The lowest BCUT2D eigenvalue weighted by Crippen LogP contribution is -2.55. The number of hydrogen-bond acceptors (Lipinski definition) is 3. The normalized spacial score (nSPS) is 17.8. The third-order valence-electron chi connectivity index (χ3n) is 6.90.